The van der Waals surface area contributed by atoms with Crippen molar-refractivity contribution in [2.45, 2.75) is 25.7 Å². The summed E-state index contributed by atoms with van der Waals surface area (Å²) in [5.74, 6) is 0.456. The van der Waals surface area contributed by atoms with Crippen LogP contribution in [0.1, 0.15) is 30.4 Å². The van der Waals surface area contributed by atoms with Gasteiger partial charge in [-0.15, -0.1) is 0 Å². The third kappa shape index (κ3) is 1.96. The number of hydrogen-bond donors (Lipinski definition) is 1. The maximum absolute atomic E-state index is 4.10. The van der Waals surface area contributed by atoms with Gasteiger partial charge in [-0.25, -0.2) is 0 Å². The largest absolute Gasteiger partial charge is 0.363 e. The third-order valence-corrected chi connectivity index (χ3v) is 2.93. The highest BCUT2D eigenvalue weighted by Crippen LogP contribution is 2.36. The van der Waals surface area contributed by atoms with E-state index in [4.69, 9.17) is 0 Å². The molecule has 0 heterocycles. The number of allylic oxidation sites excluding steroid dienone is 2. The van der Waals surface area contributed by atoms with Crippen molar-refractivity contribution in [1.29, 1.82) is 0 Å². The van der Waals surface area contributed by atoms with Crippen molar-refractivity contribution in [2.24, 2.45) is 0 Å². The molecule has 78 valence electrons. The second-order valence-corrected chi connectivity index (χ2v) is 4.22. The molecule has 0 spiro atoms. The maximum atomic E-state index is 4.10. The highest BCUT2D eigenvalue weighted by molar-refractivity contribution is 5.39. The van der Waals surface area contributed by atoms with Crippen LogP contribution in [-0.2, 0) is 6.42 Å². The molecule has 0 amide bonds. The molecule has 0 saturated carbocycles. The molecule has 0 aliphatic heterocycles. The summed E-state index contributed by atoms with van der Waals surface area (Å²) in [4.78, 5) is 0. The van der Waals surface area contributed by atoms with Crippen molar-refractivity contribution in [3.05, 3.63) is 59.9 Å². The first-order valence-corrected chi connectivity index (χ1v) is 5.37. The number of nitrogens with one attached hydrogen (secondary N) is 1. The minimum absolute atomic E-state index is 0.456. The van der Waals surface area contributed by atoms with Gasteiger partial charge in [-0.2, -0.15) is 0 Å². The second-order valence-electron chi connectivity index (χ2n) is 4.22. The Morgan fingerprint density at radius 2 is 2.07 bits per heavy atom. The number of hydrogen-bond acceptors (Lipinski definition) is 1. The van der Waals surface area contributed by atoms with Crippen LogP contribution in [0.3, 0.4) is 0 Å². The Bertz CT molecular complexity index is 404. The predicted octanol–water partition coefficient (Wildman–Crippen LogP) is 3.35. The van der Waals surface area contributed by atoms with Gasteiger partial charge in [-0.1, -0.05) is 37.4 Å². The highest BCUT2D eigenvalue weighted by Gasteiger charge is 2.23. The molecule has 0 fully saturated rings. The Balaban J connectivity index is 2.20. The first-order valence-electron chi connectivity index (χ1n) is 5.37. The van der Waals surface area contributed by atoms with Gasteiger partial charge in [0.2, 0.25) is 0 Å². The molecule has 0 radical (unpaired) electrons. The smallest absolute Gasteiger partial charge is 0.0240 e. The molecule has 1 aromatic rings. The van der Waals surface area contributed by atoms with Crippen molar-refractivity contribution in [1.82, 2.24) is 5.32 Å². The van der Waals surface area contributed by atoms with E-state index >= 15 is 0 Å². The van der Waals surface area contributed by atoms with Gasteiger partial charge in [0.05, 0.1) is 0 Å². The molecule has 1 aliphatic rings. The summed E-state index contributed by atoms with van der Waals surface area (Å²) < 4.78 is 0. The monoisotopic (exact) mass is 199 g/mol. The van der Waals surface area contributed by atoms with E-state index in [1.165, 1.54) is 17.5 Å². The van der Waals surface area contributed by atoms with Crippen molar-refractivity contribution in [2.75, 3.05) is 0 Å². The van der Waals surface area contributed by atoms with Crippen molar-refractivity contribution >= 4 is 0 Å². The highest BCUT2D eigenvalue weighted by atomic mass is 14.9. The second kappa shape index (κ2) is 3.93. The van der Waals surface area contributed by atoms with Gasteiger partial charge in [-0.05, 0) is 30.9 Å². The fraction of sp³-hybridized carbons (Fsp3) is 0.286. The van der Waals surface area contributed by atoms with Crippen LogP contribution in [0.2, 0.25) is 0 Å². The quantitative estimate of drug-likeness (QED) is 0.787. The SMILES string of the molecule is C=C(C)NC(=C)C1CCc2ccccc21. The molecule has 1 atom stereocenters. The van der Waals surface area contributed by atoms with E-state index in [0.717, 1.165) is 17.8 Å². The zero-order chi connectivity index (χ0) is 10.8. The Morgan fingerprint density at radius 3 is 2.80 bits per heavy atom. The lowest BCUT2D eigenvalue weighted by molar-refractivity contribution is 0.720. The van der Waals surface area contributed by atoms with Crippen LogP contribution in [0.25, 0.3) is 0 Å². The van der Waals surface area contributed by atoms with E-state index in [1.807, 2.05) is 6.92 Å². The molecule has 1 heteroatoms. The third-order valence-electron chi connectivity index (χ3n) is 2.93. The van der Waals surface area contributed by atoms with E-state index in [-0.39, 0.29) is 0 Å². The van der Waals surface area contributed by atoms with E-state index in [9.17, 15) is 0 Å². The molecular weight excluding hydrogens is 182 g/mol. The standard InChI is InChI=1S/C14H17N/c1-10(2)15-11(3)13-9-8-12-6-4-5-7-14(12)13/h4-7,13,15H,1,3,8-9H2,2H3. The summed E-state index contributed by atoms with van der Waals surface area (Å²) >= 11 is 0. The fourth-order valence-electron chi connectivity index (χ4n) is 2.28. The molecule has 0 aromatic heterocycles. The predicted molar refractivity (Wildman–Crippen MR) is 64.6 cm³/mol. The zero-order valence-corrected chi connectivity index (χ0v) is 9.22. The average Bonchev–Trinajstić information content (AvgIpc) is 2.59. The summed E-state index contributed by atoms with van der Waals surface area (Å²) in [5.41, 5.74) is 4.93. The van der Waals surface area contributed by atoms with Crippen LogP contribution in [-0.4, -0.2) is 0 Å². The van der Waals surface area contributed by atoms with E-state index in [1.54, 1.807) is 0 Å². The molecule has 0 bridgehead atoms. The molecule has 1 aliphatic carbocycles. The summed E-state index contributed by atoms with van der Waals surface area (Å²) in [6, 6.07) is 8.63. The van der Waals surface area contributed by atoms with Crippen LogP contribution in [0.5, 0.6) is 0 Å². The fourth-order valence-corrected chi connectivity index (χ4v) is 2.28. The van der Waals surface area contributed by atoms with Crippen molar-refractivity contribution in [3.63, 3.8) is 0 Å². The van der Waals surface area contributed by atoms with Gasteiger partial charge in [-0.3, -0.25) is 0 Å². The maximum Gasteiger partial charge on any atom is 0.0240 e. The molecule has 0 saturated heterocycles. The van der Waals surface area contributed by atoms with Crippen LogP contribution >= 0.6 is 0 Å². The summed E-state index contributed by atoms with van der Waals surface area (Å²) in [5, 5.41) is 3.24. The molecular formula is C14H17N. The minimum Gasteiger partial charge on any atom is -0.363 e. The first-order chi connectivity index (χ1) is 7.18. The van der Waals surface area contributed by atoms with E-state index in [0.29, 0.717) is 5.92 Å². The molecule has 1 nitrogen and oxygen atoms in total. The first kappa shape index (κ1) is 10.0. The van der Waals surface area contributed by atoms with Crippen molar-refractivity contribution < 1.29 is 0 Å². The van der Waals surface area contributed by atoms with E-state index < -0.39 is 0 Å². The van der Waals surface area contributed by atoms with Gasteiger partial charge in [0.15, 0.2) is 0 Å². The van der Waals surface area contributed by atoms with Crippen molar-refractivity contribution in [3.8, 4) is 0 Å². The molecule has 1 aromatic carbocycles. The van der Waals surface area contributed by atoms with Crippen LogP contribution < -0.4 is 5.32 Å². The molecule has 15 heavy (non-hydrogen) atoms. The van der Waals surface area contributed by atoms with Gasteiger partial charge in [0.25, 0.3) is 0 Å². The van der Waals surface area contributed by atoms with Crippen LogP contribution in [0.4, 0.5) is 0 Å². The lowest BCUT2D eigenvalue weighted by Gasteiger charge is -2.16. The Morgan fingerprint density at radius 1 is 1.33 bits per heavy atom. The Hall–Kier alpha value is -1.50. The molecule has 2 rings (SSSR count). The summed E-state index contributed by atoms with van der Waals surface area (Å²) in [7, 11) is 0. The number of aryl methyl sites for hydroxylation is 1. The van der Waals surface area contributed by atoms with Gasteiger partial charge >= 0.3 is 0 Å². The summed E-state index contributed by atoms with van der Waals surface area (Å²) in [6.07, 6.45) is 2.33. The van der Waals surface area contributed by atoms with Gasteiger partial charge in [0.1, 0.15) is 0 Å². The van der Waals surface area contributed by atoms with Gasteiger partial charge in [0, 0.05) is 17.3 Å². The van der Waals surface area contributed by atoms with Gasteiger partial charge < -0.3 is 5.32 Å². The van der Waals surface area contributed by atoms with E-state index in [2.05, 4.69) is 42.7 Å². The zero-order valence-electron chi connectivity index (χ0n) is 9.22. The number of fused-ring (bicyclic) bond motifs is 1. The molecule has 1 unspecified atom stereocenters. The average molecular weight is 199 g/mol. The number of rotatable bonds is 3. The number of benzene rings is 1. The minimum atomic E-state index is 0.456. The Kier molecular flexibility index (Phi) is 2.63. The summed E-state index contributed by atoms with van der Waals surface area (Å²) in [6.45, 7) is 9.92. The van der Waals surface area contributed by atoms with Crippen LogP contribution in [0.15, 0.2) is 48.8 Å². The lowest BCUT2D eigenvalue weighted by Crippen LogP contribution is -2.14. The molecule has 1 N–H and O–H groups in total. The lowest BCUT2D eigenvalue weighted by atomic mass is 9.98. The Labute approximate surface area is 91.5 Å². The normalized spacial score (nSPS) is 18.3. The topological polar surface area (TPSA) is 12.0 Å². The van der Waals surface area contributed by atoms with Crippen LogP contribution in [0, 0.1) is 0 Å².